The monoisotopic (exact) mass is 426 g/mol. The van der Waals surface area contributed by atoms with E-state index in [-0.39, 0.29) is 12.3 Å². The van der Waals surface area contributed by atoms with Crippen LogP contribution in [0.3, 0.4) is 0 Å². The molecule has 2 amide bonds. The van der Waals surface area contributed by atoms with E-state index in [1.54, 1.807) is 30.3 Å². The lowest BCUT2D eigenvalue weighted by molar-refractivity contribution is -0.122. The molecular formula is C22H23ClN4O3. The molecule has 0 fully saturated rings. The molecule has 0 saturated carbocycles. The fourth-order valence-electron chi connectivity index (χ4n) is 2.82. The second-order valence-electron chi connectivity index (χ2n) is 6.96. The first-order valence-electron chi connectivity index (χ1n) is 9.56. The summed E-state index contributed by atoms with van der Waals surface area (Å²) in [4.78, 5) is 33.2. The Morgan fingerprint density at radius 2 is 1.70 bits per heavy atom. The van der Waals surface area contributed by atoms with Crippen molar-refractivity contribution in [2.45, 2.75) is 33.6 Å². The molecule has 3 aromatic rings. The first-order valence-corrected chi connectivity index (χ1v) is 9.94. The van der Waals surface area contributed by atoms with E-state index in [0.717, 1.165) is 28.2 Å². The lowest BCUT2D eigenvalue weighted by Crippen LogP contribution is -2.41. The van der Waals surface area contributed by atoms with Gasteiger partial charge in [0.05, 0.1) is 29.0 Å². The van der Waals surface area contributed by atoms with E-state index in [0.29, 0.717) is 29.1 Å². The van der Waals surface area contributed by atoms with Crippen molar-refractivity contribution in [2.24, 2.45) is 0 Å². The van der Waals surface area contributed by atoms with Gasteiger partial charge in [0.25, 0.3) is 5.91 Å². The molecular weight excluding hydrogens is 404 g/mol. The zero-order chi connectivity index (χ0) is 21.7. The number of hydrogen-bond acceptors (Lipinski definition) is 5. The number of carbonyl (C=O) groups excluding carboxylic acids is 2. The minimum atomic E-state index is -0.418. The van der Waals surface area contributed by atoms with Crippen LogP contribution < -0.4 is 15.6 Å². The number of aromatic nitrogens is 2. The van der Waals surface area contributed by atoms with Crippen LogP contribution in [0.4, 0.5) is 0 Å². The van der Waals surface area contributed by atoms with Crippen molar-refractivity contribution in [3.8, 4) is 5.75 Å². The average molecular weight is 427 g/mol. The van der Waals surface area contributed by atoms with Crippen LogP contribution in [-0.4, -0.2) is 28.4 Å². The first kappa shape index (κ1) is 21.5. The van der Waals surface area contributed by atoms with Crippen molar-refractivity contribution in [1.82, 2.24) is 20.8 Å². The largest absolute Gasteiger partial charge is 0.493 e. The van der Waals surface area contributed by atoms with Crippen LogP contribution in [0.25, 0.3) is 11.0 Å². The van der Waals surface area contributed by atoms with Gasteiger partial charge in [-0.15, -0.1) is 0 Å². The van der Waals surface area contributed by atoms with Gasteiger partial charge in [0.1, 0.15) is 5.75 Å². The van der Waals surface area contributed by atoms with Gasteiger partial charge in [-0.1, -0.05) is 11.6 Å². The first-order chi connectivity index (χ1) is 14.3. The quantitative estimate of drug-likeness (QED) is 0.461. The molecule has 0 aliphatic carbocycles. The smallest absolute Gasteiger partial charge is 0.269 e. The highest BCUT2D eigenvalue weighted by Gasteiger charge is 2.10. The Morgan fingerprint density at radius 1 is 0.967 bits per heavy atom. The van der Waals surface area contributed by atoms with Crippen LogP contribution >= 0.6 is 11.6 Å². The third-order valence-corrected chi connectivity index (χ3v) is 4.83. The number of benzene rings is 2. The number of hydrazine groups is 1. The van der Waals surface area contributed by atoms with Crippen molar-refractivity contribution in [3.05, 3.63) is 63.9 Å². The summed E-state index contributed by atoms with van der Waals surface area (Å²) in [5.74, 6) is 0.0168. The third-order valence-electron chi connectivity index (χ3n) is 4.60. The van der Waals surface area contributed by atoms with E-state index in [2.05, 4.69) is 20.8 Å². The summed E-state index contributed by atoms with van der Waals surface area (Å²) in [6, 6.07) is 10.4. The topological polar surface area (TPSA) is 93.2 Å². The van der Waals surface area contributed by atoms with Gasteiger partial charge < -0.3 is 4.74 Å². The standard InChI is InChI=1S/C22H23ClN4O3/c1-13-11-17(23)7-9-20(13)30-10-4-5-21(28)26-27-22(29)16-6-8-18-19(12-16)25-15(3)14(2)24-18/h6-9,11-12H,4-5,10H2,1-3H3,(H,26,28)(H,27,29). The Hall–Kier alpha value is -3.19. The van der Waals surface area contributed by atoms with E-state index in [9.17, 15) is 9.59 Å². The summed E-state index contributed by atoms with van der Waals surface area (Å²) >= 11 is 5.92. The summed E-state index contributed by atoms with van der Waals surface area (Å²) in [6.07, 6.45) is 0.725. The van der Waals surface area contributed by atoms with Crippen molar-refractivity contribution in [3.63, 3.8) is 0 Å². The lowest BCUT2D eigenvalue weighted by Gasteiger charge is -2.10. The molecule has 7 nitrogen and oxygen atoms in total. The van der Waals surface area contributed by atoms with E-state index in [4.69, 9.17) is 16.3 Å². The number of hydrogen-bond donors (Lipinski definition) is 2. The number of nitrogens with one attached hydrogen (secondary N) is 2. The van der Waals surface area contributed by atoms with Gasteiger partial charge in [-0.05, 0) is 69.2 Å². The molecule has 0 aliphatic heterocycles. The molecule has 2 N–H and O–H groups in total. The number of fused-ring (bicyclic) bond motifs is 1. The Balaban J connectivity index is 1.45. The van der Waals surface area contributed by atoms with Gasteiger partial charge in [-0.2, -0.15) is 0 Å². The molecule has 8 heteroatoms. The minimum Gasteiger partial charge on any atom is -0.493 e. The number of ether oxygens (including phenoxy) is 1. The summed E-state index contributed by atoms with van der Waals surface area (Å²) < 4.78 is 5.66. The fourth-order valence-corrected chi connectivity index (χ4v) is 3.05. The lowest BCUT2D eigenvalue weighted by atomic mass is 10.1. The molecule has 1 aromatic heterocycles. The van der Waals surface area contributed by atoms with Crippen LogP contribution in [-0.2, 0) is 4.79 Å². The number of carbonyl (C=O) groups is 2. The number of amides is 2. The summed E-state index contributed by atoms with van der Waals surface area (Å²) in [5, 5.41) is 0.652. The van der Waals surface area contributed by atoms with E-state index in [1.165, 1.54) is 0 Å². The van der Waals surface area contributed by atoms with Crippen molar-refractivity contribution < 1.29 is 14.3 Å². The van der Waals surface area contributed by atoms with Crippen LogP contribution in [0.5, 0.6) is 5.75 Å². The van der Waals surface area contributed by atoms with Crippen LogP contribution in [0.1, 0.15) is 40.2 Å². The Labute approximate surface area is 179 Å². The number of halogens is 1. The van der Waals surface area contributed by atoms with E-state index in [1.807, 2.05) is 26.8 Å². The van der Waals surface area contributed by atoms with Crippen molar-refractivity contribution >= 4 is 34.4 Å². The SMILES string of the molecule is Cc1cc(Cl)ccc1OCCCC(=O)NNC(=O)c1ccc2nc(C)c(C)nc2c1. The van der Waals surface area contributed by atoms with Crippen molar-refractivity contribution in [2.75, 3.05) is 6.61 Å². The van der Waals surface area contributed by atoms with Crippen LogP contribution in [0.15, 0.2) is 36.4 Å². The zero-order valence-corrected chi connectivity index (χ0v) is 17.8. The highest BCUT2D eigenvalue weighted by Crippen LogP contribution is 2.22. The molecule has 156 valence electrons. The average Bonchev–Trinajstić information content (AvgIpc) is 2.71. The second kappa shape index (κ2) is 9.54. The minimum absolute atomic E-state index is 0.217. The molecule has 30 heavy (non-hydrogen) atoms. The number of nitrogens with zero attached hydrogens (tertiary/aromatic N) is 2. The normalized spacial score (nSPS) is 10.7. The zero-order valence-electron chi connectivity index (χ0n) is 17.1. The fraction of sp³-hybridized carbons (Fsp3) is 0.273. The Bertz CT molecular complexity index is 1100. The molecule has 0 bridgehead atoms. The molecule has 0 spiro atoms. The molecule has 0 atom stereocenters. The number of rotatable bonds is 6. The maximum Gasteiger partial charge on any atom is 0.269 e. The Kier molecular flexibility index (Phi) is 6.84. The molecule has 3 rings (SSSR count). The van der Waals surface area contributed by atoms with Gasteiger partial charge in [0, 0.05) is 17.0 Å². The van der Waals surface area contributed by atoms with Gasteiger partial charge in [0.2, 0.25) is 5.91 Å². The van der Waals surface area contributed by atoms with Gasteiger partial charge in [0.15, 0.2) is 0 Å². The second-order valence-corrected chi connectivity index (χ2v) is 7.40. The molecule has 0 unspecified atom stereocenters. The molecule has 0 radical (unpaired) electrons. The van der Waals surface area contributed by atoms with Gasteiger partial charge in [-0.25, -0.2) is 9.97 Å². The third kappa shape index (κ3) is 5.45. The highest BCUT2D eigenvalue weighted by molar-refractivity contribution is 6.30. The molecule has 2 aromatic carbocycles. The summed E-state index contributed by atoms with van der Waals surface area (Å²) in [5.41, 5.74) is 9.17. The number of aryl methyl sites for hydroxylation is 3. The predicted octanol–water partition coefficient (Wildman–Crippen LogP) is 3.83. The van der Waals surface area contributed by atoms with Gasteiger partial charge >= 0.3 is 0 Å². The Morgan fingerprint density at radius 3 is 2.43 bits per heavy atom. The maximum absolute atomic E-state index is 12.3. The summed E-state index contributed by atoms with van der Waals surface area (Å²) in [6.45, 7) is 6.04. The van der Waals surface area contributed by atoms with Crippen molar-refractivity contribution in [1.29, 1.82) is 0 Å². The van der Waals surface area contributed by atoms with Crippen LogP contribution in [0, 0.1) is 20.8 Å². The predicted molar refractivity (Wildman–Crippen MR) is 116 cm³/mol. The summed E-state index contributed by atoms with van der Waals surface area (Å²) in [7, 11) is 0. The van der Waals surface area contributed by atoms with Gasteiger partial charge in [-0.3, -0.25) is 20.4 Å². The molecule has 1 heterocycles. The van der Waals surface area contributed by atoms with E-state index < -0.39 is 5.91 Å². The molecule has 0 saturated heterocycles. The highest BCUT2D eigenvalue weighted by atomic mass is 35.5. The molecule has 0 aliphatic rings. The maximum atomic E-state index is 12.3. The van der Waals surface area contributed by atoms with Crippen LogP contribution in [0.2, 0.25) is 5.02 Å². The van der Waals surface area contributed by atoms with E-state index >= 15 is 0 Å².